The van der Waals surface area contributed by atoms with Crippen LogP contribution >= 0.6 is 0 Å². The number of carbonyl (C=O) groups is 2. The van der Waals surface area contributed by atoms with Crippen molar-refractivity contribution in [3.63, 3.8) is 0 Å². The van der Waals surface area contributed by atoms with Gasteiger partial charge in [-0.1, -0.05) is 39.0 Å². The van der Waals surface area contributed by atoms with Crippen LogP contribution in [0.1, 0.15) is 49.1 Å². The molecule has 0 saturated carbocycles. The van der Waals surface area contributed by atoms with Gasteiger partial charge in [0.1, 0.15) is 11.5 Å². The zero-order valence-corrected chi connectivity index (χ0v) is 21.4. The molecule has 188 valence electrons. The van der Waals surface area contributed by atoms with Crippen LogP contribution in [0.5, 0.6) is 5.75 Å². The molecule has 37 heavy (non-hydrogen) atoms. The van der Waals surface area contributed by atoms with E-state index in [1.54, 1.807) is 36.7 Å². The van der Waals surface area contributed by atoms with E-state index in [-0.39, 0.29) is 22.7 Å². The Labute approximate surface area is 214 Å². The van der Waals surface area contributed by atoms with E-state index in [0.29, 0.717) is 22.4 Å². The molecule has 1 amide bonds. The molecule has 2 aromatic heterocycles. The van der Waals surface area contributed by atoms with Gasteiger partial charge in [-0.25, -0.2) is 4.98 Å². The molecular weight excluding hydrogens is 468 g/mol. The largest absolute Gasteiger partial charge is 0.507 e. The van der Waals surface area contributed by atoms with E-state index in [9.17, 15) is 14.7 Å². The summed E-state index contributed by atoms with van der Waals surface area (Å²) < 4.78 is 5.52. The highest BCUT2D eigenvalue weighted by Gasteiger charge is 2.48. The number of hydrogen-bond acceptors (Lipinski definition) is 6. The van der Waals surface area contributed by atoms with E-state index >= 15 is 0 Å². The third-order valence-electron chi connectivity index (χ3n) is 6.62. The summed E-state index contributed by atoms with van der Waals surface area (Å²) in [7, 11) is 1.50. The number of pyridine rings is 1. The molecule has 8 heteroatoms. The standard InChI is InChI=1S/C29H28N4O4/c1-16-8-10-20-21(13-16)32-28(31-20)33-24(17-7-6-12-30-15-17)23(26(35)27(33)36)25(34)19-14-18(29(2,3)4)9-11-22(19)37-5/h6-15,24,34H,1-5H3,(H,31,32)/b25-23+. The number of hydrogen-bond donors (Lipinski definition) is 2. The van der Waals surface area contributed by atoms with Crippen LogP contribution in [0.15, 0.2) is 66.5 Å². The predicted octanol–water partition coefficient (Wildman–Crippen LogP) is 5.20. The highest BCUT2D eigenvalue weighted by Crippen LogP contribution is 2.43. The highest BCUT2D eigenvalue weighted by atomic mass is 16.5. The first-order chi connectivity index (χ1) is 17.6. The van der Waals surface area contributed by atoms with E-state index in [1.807, 2.05) is 31.2 Å². The quantitative estimate of drug-likeness (QED) is 0.228. The molecule has 0 aliphatic carbocycles. The van der Waals surface area contributed by atoms with Crippen molar-refractivity contribution in [1.82, 2.24) is 15.0 Å². The molecule has 1 aliphatic heterocycles. The van der Waals surface area contributed by atoms with Gasteiger partial charge in [0.25, 0.3) is 5.78 Å². The number of nitrogens with one attached hydrogen (secondary N) is 1. The normalized spacial score (nSPS) is 17.5. The Morgan fingerprint density at radius 2 is 1.89 bits per heavy atom. The van der Waals surface area contributed by atoms with Gasteiger partial charge < -0.3 is 14.8 Å². The number of nitrogens with zero attached hydrogens (tertiary/aromatic N) is 3. The van der Waals surface area contributed by atoms with Crippen LogP contribution in [0.3, 0.4) is 0 Å². The fraction of sp³-hybridized carbons (Fsp3) is 0.241. The number of methoxy groups -OCH3 is 1. The maximum atomic E-state index is 13.5. The summed E-state index contributed by atoms with van der Waals surface area (Å²) in [5.41, 5.74) is 3.98. The van der Waals surface area contributed by atoms with Crippen LogP contribution in [0, 0.1) is 6.92 Å². The lowest BCUT2D eigenvalue weighted by Crippen LogP contribution is -2.30. The molecule has 1 saturated heterocycles. The number of anilines is 1. The van der Waals surface area contributed by atoms with Crippen LogP contribution in [0.25, 0.3) is 16.8 Å². The van der Waals surface area contributed by atoms with Crippen molar-refractivity contribution in [2.45, 2.75) is 39.2 Å². The maximum absolute atomic E-state index is 13.5. The molecule has 8 nitrogen and oxygen atoms in total. The average Bonchev–Trinajstić information content (AvgIpc) is 3.40. The first kappa shape index (κ1) is 24.2. The predicted molar refractivity (Wildman–Crippen MR) is 142 cm³/mol. The molecule has 1 fully saturated rings. The Morgan fingerprint density at radius 3 is 2.57 bits per heavy atom. The number of fused-ring (bicyclic) bond motifs is 1. The van der Waals surface area contributed by atoms with Crippen LogP contribution in [-0.2, 0) is 15.0 Å². The van der Waals surface area contributed by atoms with Crippen molar-refractivity contribution in [3.05, 3.63) is 88.8 Å². The van der Waals surface area contributed by atoms with Gasteiger partial charge in [-0.05, 0) is 59.4 Å². The zero-order valence-electron chi connectivity index (χ0n) is 21.4. The van der Waals surface area contributed by atoms with Crippen LogP contribution in [-0.4, -0.2) is 38.9 Å². The van der Waals surface area contributed by atoms with E-state index in [0.717, 1.165) is 16.6 Å². The first-order valence-electron chi connectivity index (χ1n) is 12.0. The van der Waals surface area contributed by atoms with E-state index in [2.05, 4.69) is 35.7 Å². The summed E-state index contributed by atoms with van der Waals surface area (Å²) in [6.45, 7) is 8.12. The van der Waals surface area contributed by atoms with Gasteiger partial charge in [0.05, 0.1) is 35.3 Å². The second-order valence-electron chi connectivity index (χ2n) is 10.2. The Kier molecular flexibility index (Phi) is 5.82. The lowest BCUT2D eigenvalue weighted by Gasteiger charge is -2.24. The monoisotopic (exact) mass is 496 g/mol. The second-order valence-corrected chi connectivity index (χ2v) is 10.2. The van der Waals surface area contributed by atoms with E-state index in [1.165, 1.54) is 12.0 Å². The number of aromatic amines is 1. The minimum absolute atomic E-state index is 0.0565. The maximum Gasteiger partial charge on any atom is 0.302 e. The Bertz CT molecular complexity index is 1560. The van der Waals surface area contributed by atoms with Crippen molar-refractivity contribution < 1.29 is 19.4 Å². The number of ether oxygens (including phenoxy) is 1. The summed E-state index contributed by atoms with van der Waals surface area (Å²) in [5, 5.41) is 11.6. The van der Waals surface area contributed by atoms with Crippen LogP contribution in [0.4, 0.5) is 5.95 Å². The number of amides is 1. The number of benzene rings is 2. The molecule has 1 aliphatic rings. The van der Waals surface area contributed by atoms with E-state index in [4.69, 9.17) is 4.74 Å². The van der Waals surface area contributed by atoms with Crippen LogP contribution < -0.4 is 9.64 Å². The third kappa shape index (κ3) is 4.14. The Balaban J connectivity index is 1.75. The molecule has 0 bridgehead atoms. The molecule has 2 N–H and O–H groups in total. The molecule has 0 spiro atoms. The average molecular weight is 497 g/mol. The van der Waals surface area contributed by atoms with Gasteiger partial charge in [0.15, 0.2) is 0 Å². The molecule has 1 unspecified atom stereocenters. The number of carbonyl (C=O) groups excluding carboxylic acids is 2. The van der Waals surface area contributed by atoms with Crippen molar-refractivity contribution in [1.29, 1.82) is 0 Å². The van der Waals surface area contributed by atoms with Crippen molar-refractivity contribution in [3.8, 4) is 5.75 Å². The number of H-pyrrole nitrogens is 1. The molecule has 4 aromatic rings. The summed E-state index contributed by atoms with van der Waals surface area (Å²) in [6, 6.07) is 13.7. The summed E-state index contributed by atoms with van der Waals surface area (Å²) in [5.74, 6) is -1.32. The molecule has 2 aromatic carbocycles. The Hall–Kier alpha value is -4.46. The fourth-order valence-corrected chi connectivity index (χ4v) is 4.63. The highest BCUT2D eigenvalue weighted by molar-refractivity contribution is 6.51. The molecule has 5 rings (SSSR count). The smallest absolute Gasteiger partial charge is 0.302 e. The first-order valence-corrected chi connectivity index (χ1v) is 12.0. The molecule has 1 atom stereocenters. The number of rotatable bonds is 4. The van der Waals surface area contributed by atoms with Gasteiger partial charge >= 0.3 is 5.91 Å². The van der Waals surface area contributed by atoms with Gasteiger partial charge in [-0.2, -0.15) is 0 Å². The number of aromatic nitrogens is 3. The number of aryl methyl sites for hydroxylation is 1. The number of imidazole rings is 1. The van der Waals surface area contributed by atoms with Gasteiger partial charge in [0.2, 0.25) is 5.95 Å². The fourth-order valence-electron chi connectivity index (χ4n) is 4.63. The van der Waals surface area contributed by atoms with E-state index < -0.39 is 17.7 Å². The number of Topliss-reactive ketones (excluding diaryl/α,β-unsaturated/α-hetero) is 1. The van der Waals surface area contributed by atoms with Gasteiger partial charge in [-0.15, -0.1) is 0 Å². The van der Waals surface area contributed by atoms with Crippen molar-refractivity contribution in [2.24, 2.45) is 0 Å². The minimum atomic E-state index is -0.946. The second kappa shape index (κ2) is 8.89. The molecule has 0 radical (unpaired) electrons. The SMILES string of the molecule is COc1ccc(C(C)(C)C)cc1/C(O)=C1\C(=O)C(=O)N(c2nc3ccc(C)cc3[nH]2)C1c1cccnc1. The lowest BCUT2D eigenvalue weighted by atomic mass is 9.85. The number of aliphatic hydroxyl groups is 1. The number of ketones is 1. The zero-order chi connectivity index (χ0) is 26.5. The lowest BCUT2D eigenvalue weighted by molar-refractivity contribution is -0.132. The summed E-state index contributed by atoms with van der Waals surface area (Å²) >= 11 is 0. The number of aliphatic hydroxyl groups excluding tert-OH is 1. The summed E-state index contributed by atoms with van der Waals surface area (Å²) in [6.07, 6.45) is 3.18. The Morgan fingerprint density at radius 1 is 1.11 bits per heavy atom. The van der Waals surface area contributed by atoms with Crippen molar-refractivity contribution in [2.75, 3.05) is 12.0 Å². The topological polar surface area (TPSA) is 108 Å². The third-order valence-corrected chi connectivity index (χ3v) is 6.62. The molecule has 3 heterocycles. The van der Waals surface area contributed by atoms with Gasteiger partial charge in [0, 0.05) is 12.4 Å². The molecular formula is C29H28N4O4. The minimum Gasteiger partial charge on any atom is -0.507 e. The van der Waals surface area contributed by atoms with Crippen molar-refractivity contribution >= 4 is 34.4 Å². The summed E-state index contributed by atoms with van der Waals surface area (Å²) in [4.78, 5) is 40.3. The van der Waals surface area contributed by atoms with Crippen LogP contribution in [0.2, 0.25) is 0 Å². The van der Waals surface area contributed by atoms with Gasteiger partial charge in [-0.3, -0.25) is 19.5 Å².